The quantitative estimate of drug-likeness (QED) is 0.499. The Labute approximate surface area is 137 Å². The molecular formula is C14H9F3N2O6. The number of hydrogen-bond donors (Lipinski definition) is 1. The lowest BCUT2D eigenvalue weighted by Crippen LogP contribution is -2.41. The fraction of sp³-hybridized carbons (Fsp3) is 0.429. The first-order valence-corrected chi connectivity index (χ1v) is 7.12. The van der Waals surface area contributed by atoms with Crippen LogP contribution < -0.4 is 14.8 Å². The largest absolute Gasteiger partial charge is 0.471 e. The van der Waals surface area contributed by atoms with Crippen LogP contribution in [-0.4, -0.2) is 35.1 Å². The van der Waals surface area contributed by atoms with Crippen LogP contribution in [0, 0.1) is 15.5 Å². The average Bonchev–Trinajstić information content (AvgIpc) is 3.22. The van der Waals surface area contributed by atoms with Gasteiger partial charge in [0.05, 0.1) is 27.5 Å². The van der Waals surface area contributed by atoms with Gasteiger partial charge in [0.25, 0.3) is 5.69 Å². The Morgan fingerprint density at radius 3 is 2.36 bits per heavy atom. The van der Waals surface area contributed by atoms with Gasteiger partial charge in [-0.2, -0.15) is 13.2 Å². The summed E-state index contributed by atoms with van der Waals surface area (Å²) < 4.78 is 47.2. The SMILES string of the molecule is O=C(NC12CC1(C(=O)c1cc3c(cc1[N+](=O)[O-])OCO3)C2)C(F)(F)F. The smallest absolute Gasteiger partial charge is 0.454 e. The second kappa shape index (κ2) is 4.41. The van der Waals surface area contributed by atoms with Crippen LogP contribution in [0.1, 0.15) is 23.2 Å². The van der Waals surface area contributed by atoms with Crippen LogP contribution in [0.4, 0.5) is 18.9 Å². The molecule has 2 fully saturated rings. The number of benzene rings is 1. The second-order valence-electron chi connectivity index (χ2n) is 6.28. The first kappa shape index (κ1) is 15.7. The number of amides is 1. The number of halogens is 3. The normalized spacial score (nSPS) is 28.1. The van der Waals surface area contributed by atoms with Crippen LogP contribution >= 0.6 is 0 Å². The molecule has 0 atom stereocenters. The first-order chi connectivity index (χ1) is 11.6. The monoisotopic (exact) mass is 358 g/mol. The molecule has 4 rings (SSSR count). The third kappa shape index (κ3) is 2.07. The maximum absolute atomic E-state index is 12.7. The van der Waals surface area contributed by atoms with Crippen LogP contribution in [0.15, 0.2) is 12.1 Å². The molecule has 0 aromatic heterocycles. The van der Waals surface area contributed by atoms with E-state index in [4.69, 9.17) is 9.47 Å². The van der Waals surface area contributed by atoms with Crippen molar-refractivity contribution in [3.63, 3.8) is 0 Å². The summed E-state index contributed by atoms with van der Waals surface area (Å²) in [6, 6.07) is 2.21. The van der Waals surface area contributed by atoms with Crippen molar-refractivity contribution in [3.8, 4) is 11.5 Å². The molecule has 1 N–H and O–H groups in total. The van der Waals surface area contributed by atoms with Crippen LogP contribution in [0.3, 0.4) is 0 Å². The summed E-state index contributed by atoms with van der Waals surface area (Å²) in [4.78, 5) is 34.2. The van der Waals surface area contributed by atoms with Crippen molar-refractivity contribution in [2.24, 2.45) is 5.41 Å². The molecule has 1 aromatic rings. The Bertz CT molecular complexity index is 844. The summed E-state index contributed by atoms with van der Waals surface area (Å²) >= 11 is 0. The lowest BCUT2D eigenvalue weighted by Gasteiger charge is -2.08. The summed E-state index contributed by atoms with van der Waals surface area (Å²) in [5.74, 6) is -2.54. The molecule has 1 aromatic carbocycles. The maximum atomic E-state index is 12.7. The van der Waals surface area contributed by atoms with Gasteiger partial charge in [0.15, 0.2) is 17.3 Å². The van der Waals surface area contributed by atoms with E-state index in [-0.39, 0.29) is 36.7 Å². The van der Waals surface area contributed by atoms with Crippen molar-refractivity contribution in [3.05, 3.63) is 27.8 Å². The maximum Gasteiger partial charge on any atom is 0.471 e. The van der Waals surface area contributed by atoms with E-state index in [9.17, 15) is 32.9 Å². The highest BCUT2D eigenvalue weighted by atomic mass is 19.4. The molecule has 8 nitrogen and oxygen atoms in total. The van der Waals surface area contributed by atoms with Gasteiger partial charge in [0.2, 0.25) is 6.79 Å². The summed E-state index contributed by atoms with van der Waals surface area (Å²) in [6.07, 6.45) is -5.02. The van der Waals surface area contributed by atoms with Gasteiger partial charge in [-0.3, -0.25) is 19.7 Å². The number of ether oxygens (including phenoxy) is 2. The fourth-order valence-corrected chi connectivity index (χ4v) is 3.29. The van der Waals surface area contributed by atoms with Gasteiger partial charge in [-0.15, -0.1) is 0 Å². The lowest BCUT2D eigenvalue weighted by atomic mass is 9.99. The standard InChI is InChI=1S/C14H9F3N2O6/c15-14(16,17)11(21)18-13-3-12(13,4-13)10(20)6-1-8-9(25-5-24-8)2-7(6)19(22)23/h1-2H,3-5H2,(H,18,21). The van der Waals surface area contributed by atoms with E-state index >= 15 is 0 Å². The molecule has 0 unspecified atom stereocenters. The number of nitro groups is 1. The van der Waals surface area contributed by atoms with Crippen molar-refractivity contribution < 1.29 is 37.2 Å². The van der Waals surface area contributed by atoms with E-state index in [1.807, 2.05) is 5.32 Å². The molecule has 0 spiro atoms. The van der Waals surface area contributed by atoms with Crippen LogP contribution in [0.25, 0.3) is 0 Å². The van der Waals surface area contributed by atoms with Crippen LogP contribution in [0.5, 0.6) is 11.5 Å². The highest BCUT2D eigenvalue weighted by molar-refractivity contribution is 6.11. The molecule has 1 heterocycles. The second-order valence-corrected chi connectivity index (χ2v) is 6.28. The van der Waals surface area contributed by atoms with Crippen molar-refractivity contribution in [2.75, 3.05) is 6.79 Å². The Morgan fingerprint density at radius 2 is 1.80 bits per heavy atom. The third-order valence-electron chi connectivity index (χ3n) is 4.85. The van der Waals surface area contributed by atoms with Gasteiger partial charge in [-0.25, -0.2) is 0 Å². The van der Waals surface area contributed by atoms with Crippen LogP contribution in [-0.2, 0) is 4.79 Å². The first-order valence-electron chi connectivity index (χ1n) is 7.12. The molecule has 0 radical (unpaired) electrons. The van der Waals surface area contributed by atoms with E-state index in [2.05, 4.69) is 0 Å². The van der Waals surface area contributed by atoms with Crippen molar-refractivity contribution in [2.45, 2.75) is 24.6 Å². The van der Waals surface area contributed by atoms with E-state index in [0.29, 0.717) is 0 Å². The van der Waals surface area contributed by atoms with Gasteiger partial charge < -0.3 is 14.8 Å². The zero-order chi connectivity index (χ0) is 18.2. The topological polar surface area (TPSA) is 108 Å². The Balaban J connectivity index is 1.62. The molecule has 25 heavy (non-hydrogen) atoms. The number of nitrogens with zero attached hydrogens (tertiary/aromatic N) is 1. The molecule has 0 bridgehead atoms. The summed E-state index contributed by atoms with van der Waals surface area (Å²) in [5.41, 5.74) is -3.26. The van der Waals surface area contributed by atoms with Gasteiger partial charge in [0.1, 0.15) is 0 Å². The molecular weight excluding hydrogens is 349 g/mol. The number of nitrogens with one attached hydrogen (secondary N) is 1. The predicted octanol–water partition coefficient (Wildman–Crippen LogP) is 1.72. The molecule has 2 saturated carbocycles. The lowest BCUT2D eigenvalue weighted by molar-refractivity contribution is -0.385. The molecule has 11 heteroatoms. The van der Waals surface area contributed by atoms with Crippen molar-refractivity contribution in [1.82, 2.24) is 5.32 Å². The number of carbonyl (C=O) groups is 2. The number of fused-ring (bicyclic) bond motifs is 2. The zero-order valence-corrected chi connectivity index (χ0v) is 12.3. The third-order valence-corrected chi connectivity index (χ3v) is 4.85. The molecule has 1 aliphatic heterocycles. The molecule has 1 amide bonds. The minimum absolute atomic E-state index is 0.0201. The number of ketones is 1. The number of nitro benzene ring substituents is 1. The van der Waals surface area contributed by atoms with E-state index in [1.54, 1.807) is 0 Å². The van der Waals surface area contributed by atoms with Gasteiger partial charge >= 0.3 is 12.1 Å². The molecule has 0 saturated heterocycles. The summed E-state index contributed by atoms with van der Waals surface area (Å²) in [5, 5.41) is 13.0. The number of rotatable bonds is 4. The molecule has 2 aliphatic carbocycles. The van der Waals surface area contributed by atoms with E-state index in [0.717, 1.165) is 12.1 Å². The minimum Gasteiger partial charge on any atom is -0.454 e. The predicted molar refractivity (Wildman–Crippen MR) is 72.1 cm³/mol. The number of alkyl halides is 3. The Morgan fingerprint density at radius 1 is 1.20 bits per heavy atom. The average molecular weight is 358 g/mol. The highest BCUT2D eigenvalue weighted by Crippen LogP contribution is 2.80. The summed E-state index contributed by atoms with van der Waals surface area (Å²) in [6.45, 7) is -0.152. The fourth-order valence-electron chi connectivity index (χ4n) is 3.29. The van der Waals surface area contributed by atoms with E-state index < -0.39 is 39.4 Å². The van der Waals surface area contributed by atoms with Gasteiger partial charge in [0, 0.05) is 6.07 Å². The Hall–Kier alpha value is -2.85. The van der Waals surface area contributed by atoms with Crippen molar-refractivity contribution >= 4 is 17.4 Å². The van der Waals surface area contributed by atoms with Crippen molar-refractivity contribution in [1.29, 1.82) is 0 Å². The van der Waals surface area contributed by atoms with Gasteiger partial charge in [-0.05, 0) is 12.8 Å². The highest BCUT2D eigenvalue weighted by Gasteiger charge is 2.88. The molecule has 132 valence electrons. The number of hydrogen-bond acceptors (Lipinski definition) is 6. The van der Waals surface area contributed by atoms with Gasteiger partial charge in [-0.1, -0.05) is 0 Å². The Kier molecular flexibility index (Phi) is 2.76. The zero-order valence-electron chi connectivity index (χ0n) is 12.3. The number of carbonyl (C=O) groups excluding carboxylic acids is 2. The minimum atomic E-state index is -5.06. The van der Waals surface area contributed by atoms with Crippen LogP contribution in [0.2, 0.25) is 0 Å². The molecule has 3 aliphatic rings. The number of Topliss-reactive ketones (excluding diaryl/α,β-unsaturated/α-hetero) is 1. The summed E-state index contributed by atoms with van der Waals surface area (Å²) in [7, 11) is 0. The van der Waals surface area contributed by atoms with E-state index in [1.165, 1.54) is 0 Å².